The van der Waals surface area contributed by atoms with Crippen LogP contribution in [0.4, 0.5) is 5.69 Å². The first-order chi connectivity index (χ1) is 13.5. The Balaban J connectivity index is 1.53. The molecule has 1 aliphatic heterocycles. The number of benzene rings is 1. The van der Waals surface area contributed by atoms with Crippen molar-refractivity contribution in [2.75, 3.05) is 24.3 Å². The topological polar surface area (TPSA) is 99.5 Å². The van der Waals surface area contributed by atoms with Crippen molar-refractivity contribution in [3.63, 3.8) is 0 Å². The predicted molar refractivity (Wildman–Crippen MR) is 105 cm³/mol. The number of hydrogen-bond donors (Lipinski definition) is 1. The highest BCUT2D eigenvalue weighted by molar-refractivity contribution is 7.98. The van der Waals surface area contributed by atoms with E-state index in [9.17, 15) is 19.6 Å². The number of amides is 2. The molecule has 1 aliphatic carbocycles. The third kappa shape index (κ3) is 4.47. The van der Waals surface area contributed by atoms with E-state index in [0.717, 1.165) is 23.4 Å². The van der Waals surface area contributed by atoms with Gasteiger partial charge in [0.15, 0.2) is 6.61 Å². The van der Waals surface area contributed by atoms with E-state index in [1.165, 1.54) is 0 Å². The molecule has 1 aromatic rings. The molecule has 8 heteroatoms. The van der Waals surface area contributed by atoms with Gasteiger partial charge in [0.25, 0.3) is 5.91 Å². The molecule has 3 rings (SSSR count). The molecule has 0 radical (unpaired) electrons. The largest absolute Gasteiger partial charge is 0.455 e. The second kappa shape index (κ2) is 8.65. The van der Waals surface area contributed by atoms with Crippen LogP contribution in [0.15, 0.2) is 29.2 Å². The summed E-state index contributed by atoms with van der Waals surface area (Å²) >= 11 is 1.58. The maximum Gasteiger partial charge on any atom is 0.311 e. The van der Waals surface area contributed by atoms with Crippen molar-refractivity contribution >= 4 is 35.2 Å². The van der Waals surface area contributed by atoms with Gasteiger partial charge in [-0.25, -0.2) is 0 Å². The minimum atomic E-state index is -0.841. The molecule has 1 heterocycles. The number of rotatable bonds is 6. The Kier molecular flexibility index (Phi) is 6.25. The SMILES string of the molecule is CSc1cccc(N2C[C@@H](C(=O)OCC(=O)NC3(C#N)CCCC3)CC2=O)c1. The normalized spacial score (nSPS) is 20.6. The average molecular weight is 401 g/mol. The number of esters is 1. The molecule has 0 bridgehead atoms. The van der Waals surface area contributed by atoms with E-state index in [1.54, 1.807) is 16.7 Å². The Morgan fingerprint density at radius 3 is 2.82 bits per heavy atom. The fraction of sp³-hybridized carbons (Fsp3) is 0.500. The van der Waals surface area contributed by atoms with Gasteiger partial charge < -0.3 is 15.0 Å². The first-order valence-electron chi connectivity index (χ1n) is 9.30. The molecule has 1 atom stereocenters. The van der Waals surface area contributed by atoms with Crippen LogP contribution in [0.3, 0.4) is 0 Å². The number of nitrogens with one attached hydrogen (secondary N) is 1. The molecule has 7 nitrogen and oxygen atoms in total. The molecule has 0 aromatic heterocycles. The van der Waals surface area contributed by atoms with Crippen LogP contribution in [0.5, 0.6) is 0 Å². The van der Waals surface area contributed by atoms with Gasteiger partial charge in [-0.05, 0) is 50.1 Å². The molecule has 2 aliphatic rings. The summed E-state index contributed by atoms with van der Waals surface area (Å²) in [4.78, 5) is 39.4. The molecule has 0 unspecified atom stereocenters. The van der Waals surface area contributed by atoms with Gasteiger partial charge in [0.05, 0.1) is 12.0 Å². The molecule has 2 fully saturated rings. The Hall–Kier alpha value is -2.53. The first-order valence-corrected chi connectivity index (χ1v) is 10.5. The van der Waals surface area contributed by atoms with Gasteiger partial charge in [-0.2, -0.15) is 5.26 Å². The zero-order valence-electron chi connectivity index (χ0n) is 15.8. The van der Waals surface area contributed by atoms with Gasteiger partial charge in [0.2, 0.25) is 5.91 Å². The molecule has 1 aromatic carbocycles. The Morgan fingerprint density at radius 1 is 1.39 bits per heavy atom. The quantitative estimate of drug-likeness (QED) is 0.580. The highest BCUT2D eigenvalue weighted by atomic mass is 32.2. The van der Waals surface area contributed by atoms with Gasteiger partial charge in [-0.1, -0.05) is 6.07 Å². The fourth-order valence-electron chi connectivity index (χ4n) is 3.69. The van der Waals surface area contributed by atoms with E-state index in [1.807, 2.05) is 30.5 Å². The minimum Gasteiger partial charge on any atom is -0.455 e. The zero-order chi connectivity index (χ0) is 20.1. The van der Waals surface area contributed by atoms with Crippen LogP contribution < -0.4 is 10.2 Å². The molecular formula is C20H23N3O4S. The van der Waals surface area contributed by atoms with Crippen molar-refractivity contribution in [1.29, 1.82) is 5.26 Å². The van der Waals surface area contributed by atoms with Crippen molar-refractivity contribution in [2.45, 2.75) is 42.5 Å². The van der Waals surface area contributed by atoms with E-state index >= 15 is 0 Å². The predicted octanol–water partition coefficient (Wildman–Crippen LogP) is 2.26. The summed E-state index contributed by atoms with van der Waals surface area (Å²) < 4.78 is 5.12. The summed E-state index contributed by atoms with van der Waals surface area (Å²) in [5.41, 5.74) is -0.0894. The van der Waals surface area contributed by atoms with Crippen LogP contribution in [-0.4, -0.2) is 42.7 Å². The van der Waals surface area contributed by atoms with E-state index in [-0.39, 0.29) is 18.9 Å². The van der Waals surface area contributed by atoms with Crippen LogP contribution in [0.25, 0.3) is 0 Å². The number of nitriles is 1. The van der Waals surface area contributed by atoms with Crippen LogP contribution in [0.1, 0.15) is 32.1 Å². The number of anilines is 1. The zero-order valence-corrected chi connectivity index (χ0v) is 16.6. The fourth-order valence-corrected chi connectivity index (χ4v) is 4.15. The number of ether oxygens (including phenoxy) is 1. The number of carbonyl (C=O) groups is 3. The minimum absolute atomic E-state index is 0.0616. The molecule has 1 N–H and O–H groups in total. The summed E-state index contributed by atoms with van der Waals surface area (Å²) in [6, 6.07) is 9.74. The molecule has 1 saturated heterocycles. The van der Waals surface area contributed by atoms with Crippen molar-refractivity contribution in [1.82, 2.24) is 5.32 Å². The molecule has 0 spiro atoms. The Morgan fingerprint density at radius 2 is 2.14 bits per heavy atom. The highest BCUT2D eigenvalue weighted by Crippen LogP contribution is 2.30. The van der Waals surface area contributed by atoms with Crippen LogP contribution >= 0.6 is 11.8 Å². The Labute approximate surface area is 168 Å². The summed E-state index contributed by atoms with van der Waals surface area (Å²) in [6.45, 7) is -0.200. The van der Waals surface area contributed by atoms with Crippen molar-refractivity contribution in [3.05, 3.63) is 24.3 Å². The van der Waals surface area contributed by atoms with Crippen molar-refractivity contribution in [3.8, 4) is 6.07 Å². The van der Waals surface area contributed by atoms with E-state index in [4.69, 9.17) is 4.74 Å². The smallest absolute Gasteiger partial charge is 0.311 e. The number of carbonyl (C=O) groups excluding carboxylic acids is 3. The summed E-state index contributed by atoms with van der Waals surface area (Å²) in [7, 11) is 0. The second-order valence-electron chi connectivity index (χ2n) is 7.16. The van der Waals surface area contributed by atoms with Crippen molar-refractivity contribution < 1.29 is 19.1 Å². The number of hydrogen-bond acceptors (Lipinski definition) is 6. The van der Waals surface area contributed by atoms with Gasteiger partial charge >= 0.3 is 5.97 Å². The van der Waals surface area contributed by atoms with Crippen LogP contribution in [0.2, 0.25) is 0 Å². The van der Waals surface area contributed by atoms with Gasteiger partial charge in [0.1, 0.15) is 5.54 Å². The van der Waals surface area contributed by atoms with Crippen LogP contribution in [0, 0.1) is 17.2 Å². The third-order valence-electron chi connectivity index (χ3n) is 5.22. The monoisotopic (exact) mass is 401 g/mol. The van der Waals surface area contributed by atoms with Crippen LogP contribution in [-0.2, 0) is 19.1 Å². The maximum atomic E-state index is 12.3. The lowest BCUT2D eigenvalue weighted by Crippen LogP contribution is -2.47. The summed E-state index contributed by atoms with van der Waals surface area (Å²) in [6.07, 6.45) is 5.04. The standard InChI is InChI=1S/C20H23N3O4S/c1-28-16-6-4-5-15(10-16)23-11-14(9-18(23)25)19(26)27-12-17(24)22-20(13-21)7-2-3-8-20/h4-6,10,14H,2-3,7-9,11-12H2,1H3,(H,22,24)/t14-/m0/s1. The Bertz CT molecular complexity index is 814. The molecule has 28 heavy (non-hydrogen) atoms. The highest BCUT2D eigenvalue weighted by Gasteiger charge is 2.38. The van der Waals surface area contributed by atoms with E-state index in [0.29, 0.717) is 12.8 Å². The van der Waals surface area contributed by atoms with E-state index < -0.39 is 29.9 Å². The number of nitrogens with zero attached hydrogens (tertiary/aromatic N) is 2. The maximum absolute atomic E-state index is 12.3. The molecule has 2 amide bonds. The van der Waals surface area contributed by atoms with Crippen molar-refractivity contribution in [2.24, 2.45) is 5.92 Å². The number of thioether (sulfide) groups is 1. The lowest BCUT2D eigenvalue weighted by atomic mass is 10.00. The lowest BCUT2D eigenvalue weighted by molar-refractivity contribution is -0.152. The first kappa shape index (κ1) is 20.2. The van der Waals surface area contributed by atoms with E-state index in [2.05, 4.69) is 11.4 Å². The molecule has 1 saturated carbocycles. The third-order valence-corrected chi connectivity index (χ3v) is 5.94. The lowest BCUT2D eigenvalue weighted by Gasteiger charge is -2.22. The molecule has 148 valence electrons. The molecular weight excluding hydrogens is 378 g/mol. The summed E-state index contributed by atoms with van der Waals surface area (Å²) in [5, 5.41) is 12.0. The summed E-state index contributed by atoms with van der Waals surface area (Å²) in [5.74, 6) is -1.79. The van der Waals surface area contributed by atoms with Gasteiger partial charge in [-0.15, -0.1) is 11.8 Å². The second-order valence-corrected chi connectivity index (χ2v) is 8.04. The van der Waals surface area contributed by atoms with Gasteiger partial charge in [-0.3, -0.25) is 14.4 Å². The van der Waals surface area contributed by atoms with Gasteiger partial charge in [0, 0.05) is 23.5 Å². The average Bonchev–Trinajstić information content (AvgIpc) is 3.33.